The molecule has 3 aromatic rings. The van der Waals surface area contributed by atoms with E-state index < -0.39 is 21.3 Å². The highest BCUT2D eigenvalue weighted by molar-refractivity contribution is 7.07. The summed E-state index contributed by atoms with van der Waals surface area (Å²) in [7, 11) is 0. The van der Waals surface area contributed by atoms with E-state index in [0.29, 0.717) is 11.1 Å². The van der Waals surface area contributed by atoms with Crippen LogP contribution in [-0.2, 0) is 0 Å². The summed E-state index contributed by atoms with van der Waals surface area (Å²) in [4.78, 5) is 33.8. The summed E-state index contributed by atoms with van der Waals surface area (Å²) in [5, 5.41) is 41.6. The van der Waals surface area contributed by atoms with Crippen molar-refractivity contribution in [2.75, 3.05) is 0 Å². The van der Waals surface area contributed by atoms with Crippen molar-refractivity contribution < 1.29 is 9.85 Å². The highest BCUT2D eigenvalue weighted by atomic mass is 32.1. The monoisotopic (exact) mass is 472 g/mol. The quantitative estimate of drug-likeness (QED) is 0.439. The number of aromatic nitrogens is 1. The maximum absolute atomic E-state index is 13.1. The molecule has 2 N–H and O–H groups in total. The SMILES string of the molecule is N#CC1=C(N)n2c(s/c(=C\c3ccc([N+](=O)[O-])cc3)c2=O)=C(C#N)[C@@H]1c1ccc([N+](=O)[O-])cc1. The van der Waals surface area contributed by atoms with E-state index in [4.69, 9.17) is 5.73 Å². The number of nitro benzene ring substituents is 2. The molecule has 1 aromatic heterocycles. The summed E-state index contributed by atoms with van der Waals surface area (Å²) >= 11 is 0.992. The Morgan fingerprint density at radius 1 is 0.941 bits per heavy atom. The maximum atomic E-state index is 13.1. The lowest BCUT2D eigenvalue weighted by atomic mass is 9.84. The lowest BCUT2D eigenvalue weighted by Crippen LogP contribution is -2.38. The molecule has 0 spiro atoms. The van der Waals surface area contributed by atoms with Crippen molar-refractivity contribution in [1.29, 1.82) is 10.5 Å². The fourth-order valence-corrected chi connectivity index (χ4v) is 4.75. The molecule has 0 radical (unpaired) electrons. The van der Waals surface area contributed by atoms with E-state index in [0.717, 1.165) is 15.9 Å². The molecule has 0 bridgehead atoms. The number of nitro groups is 2. The number of nitriles is 2. The van der Waals surface area contributed by atoms with Gasteiger partial charge in [0.1, 0.15) is 10.5 Å². The Bertz CT molecular complexity index is 1650. The van der Waals surface area contributed by atoms with Crippen molar-refractivity contribution in [1.82, 2.24) is 4.57 Å². The number of allylic oxidation sites excluding steroid dienone is 1. The first-order chi connectivity index (χ1) is 16.3. The molecule has 0 aliphatic carbocycles. The molecule has 4 rings (SSSR count). The van der Waals surface area contributed by atoms with Gasteiger partial charge >= 0.3 is 0 Å². The first-order valence-electron chi connectivity index (χ1n) is 9.53. The Hall–Kier alpha value is -5.07. The van der Waals surface area contributed by atoms with Gasteiger partial charge < -0.3 is 5.73 Å². The van der Waals surface area contributed by atoms with Gasteiger partial charge in [0, 0.05) is 24.3 Å². The van der Waals surface area contributed by atoms with Gasteiger partial charge in [-0.1, -0.05) is 12.1 Å². The van der Waals surface area contributed by atoms with Crippen molar-refractivity contribution in [2.24, 2.45) is 5.73 Å². The van der Waals surface area contributed by atoms with E-state index in [1.165, 1.54) is 54.6 Å². The standard InChI is InChI=1S/C22H12N6O5S/c23-10-16-19(13-3-7-15(8-4-13)28(32)33)17(11-24)22-26(20(16)25)21(29)18(34-22)9-12-1-5-14(6-2-12)27(30)31/h1-9,19H,25H2/b18-9-/t19-/m1/s1. The van der Waals surface area contributed by atoms with Gasteiger partial charge in [-0.05, 0) is 29.3 Å². The predicted octanol–water partition coefficient (Wildman–Crippen LogP) is 1.68. The third-order valence-corrected chi connectivity index (χ3v) is 6.34. The van der Waals surface area contributed by atoms with Crippen LogP contribution >= 0.6 is 11.3 Å². The molecule has 1 aliphatic rings. The average molecular weight is 472 g/mol. The Labute approximate surface area is 194 Å². The lowest BCUT2D eigenvalue weighted by molar-refractivity contribution is -0.385. The number of rotatable bonds is 4. The predicted molar refractivity (Wildman–Crippen MR) is 122 cm³/mol. The zero-order valence-corrected chi connectivity index (χ0v) is 17.9. The second kappa shape index (κ2) is 8.46. The van der Waals surface area contributed by atoms with Gasteiger partial charge in [-0.25, -0.2) is 0 Å². The summed E-state index contributed by atoms with van der Waals surface area (Å²) in [6, 6.07) is 15.0. The van der Waals surface area contributed by atoms with Crippen LogP contribution in [-0.4, -0.2) is 14.4 Å². The minimum Gasteiger partial charge on any atom is -0.384 e. The van der Waals surface area contributed by atoms with Crippen molar-refractivity contribution in [3.8, 4) is 12.1 Å². The van der Waals surface area contributed by atoms with Gasteiger partial charge in [0.05, 0.1) is 43.6 Å². The van der Waals surface area contributed by atoms with E-state index in [-0.39, 0.29) is 37.5 Å². The van der Waals surface area contributed by atoms with E-state index in [1.54, 1.807) is 0 Å². The first kappa shape index (κ1) is 22.1. The molecule has 34 heavy (non-hydrogen) atoms. The van der Waals surface area contributed by atoms with E-state index >= 15 is 0 Å². The normalized spacial score (nSPS) is 15.4. The molecule has 0 amide bonds. The highest BCUT2D eigenvalue weighted by Crippen LogP contribution is 2.36. The van der Waals surface area contributed by atoms with E-state index in [1.807, 2.05) is 6.07 Å². The Balaban J connectivity index is 1.95. The fraction of sp³-hybridized carbons (Fsp3) is 0.0455. The van der Waals surface area contributed by atoms with Crippen LogP contribution in [0, 0.1) is 42.9 Å². The van der Waals surface area contributed by atoms with Gasteiger partial charge in [0.2, 0.25) is 0 Å². The Kier molecular flexibility index (Phi) is 5.51. The molecule has 166 valence electrons. The number of fused-ring (bicyclic) bond motifs is 1. The van der Waals surface area contributed by atoms with Crippen molar-refractivity contribution in [3.05, 3.63) is 105 Å². The fourth-order valence-electron chi connectivity index (χ4n) is 3.62. The topological polar surface area (TPSA) is 182 Å². The largest absolute Gasteiger partial charge is 0.384 e. The second-order valence-corrected chi connectivity index (χ2v) is 8.15. The minimum atomic E-state index is -0.902. The molecular weight excluding hydrogens is 460 g/mol. The number of nitrogens with zero attached hydrogens (tertiary/aromatic N) is 5. The van der Waals surface area contributed by atoms with Crippen LogP contribution in [0.15, 0.2) is 58.9 Å². The summed E-state index contributed by atoms with van der Waals surface area (Å²) in [6.07, 6.45) is 1.51. The van der Waals surface area contributed by atoms with Crippen LogP contribution in [0.4, 0.5) is 11.4 Å². The highest BCUT2D eigenvalue weighted by Gasteiger charge is 2.32. The van der Waals surface area contributed by atoms with E-state index in [2.05, 4.69) is 6.07 Å². The second-order valence-electron chi connectivity index (χ2n) is 7.12. The maximum Gasteiger partial charge on any atom is 0.274 e. The average Bonchev–Trinajstić information content (AvgIpc) is 3.15. The van der Waals surface area contributed by atoms with Gasteiger partial charge in [0.25, 0.3) is 16.9 Å². The molecular formula is C22H12N6O5S. The molecule has 12 heteroatoms. The number of non-ortho nitro benzene ring substituents is 2. The van der Waals surface area contributed by atoms with Crippen molar-refractivity contribution in [2.45, 2.75) is 5.92 Å². The third kappa shape index (κ3) is 3.60. The van der Waals surface area contributed by atoms with Crippen LogP contribution in [0.1, 0.15) is 17.0 Å². The Morgan fingerprint density at radius 3 is 1.97 bits per heavy atom. The van der Waals surface area contributed by atoms with Gasteiger partial charge in [-0.15, -0.1) is 11.3 Å². The number of hydrogen-bond acceptors (Lipinski definition) is 9. The third-order valence-electron chi connectivity index (χ3n) is 5.23. The molecule has 0 fully saturated rings. The van der Waals surface area contributed by atoms with Crippen molar-refractivity contribution in [3.63, 3.8) is 0 Å². The zero-order chi connectivity index (χ0) is 24.6. The molecule has 1 aliphatic heterocycles. The smallest absolute Gasteiger partial charge is 0.274 e. The van der Waals surface area contributed by atoms with Crippen LogP contribution in [0.3, 0.4) is 0 Å². The molecule has 0 saturated carbocycles. The summed E-state index contributed by atoms with van der Waals surface area (Å²) in [5.41, 5.74) is 6.43. The van der Waals surface area contributed by atoms with Crippen molar-refractivity contribution >= 4 is 40.2 Å². The molecule has 0 unspecified atom stereocenters. The lowest BCUT2D eigenvalue weighted by Gasteiger charge is -2.22. The number of benzene rings is 2. The first-order valence-corrected chi connectivity index (χ1v) is 10.3. The number of nitrogens with two attached hydrogens (primary N) is 1. The van der Waals surface area contributed by atoms with Crippen LogP contribution < -0.4 is 20.5 Å². The van der Waals surface area contributed by atoms with Gasteiger partial charge in [-0.3, -0.25) is 29.6 Å². The molecule has 11 nitrogen and oxygen atoms in total. The van der Waals surface area contributed by atoms with Gasteiger partial charge in [0.15, 0.2) is 0 Å². The summed E-state index contributed by atoms with van der Waals surface area (Å²) in [5.74, 6) is -1.04. The van der Waals surface area contributed by atoms with Crippen LogP contribution in [0.25, 0.3) is 17.5 Å². The van der Waals surface area contributed by atoms with Crippen LogP contribution in [0.2, 0.25) is 0 Å². The molecule has 2 aromatic carbocycles. The zero-order valence-electron chi connectivity index (χ0n) is 17.0. The number of thiazole rings is 1. The number of hydrogen-bond donors (Lipinski definition) is 1. The molecule has 1 atom stereocenters. The van der Waals surface area contributed by atoms with E-state index in [9.17, 15) is 35.5 Å². The molecule has 0 saturated heterocycles. The summed E-state index contributed by atoms with van der Waals surface area (Å²) in [6.45, 7) is 0. The summed E-state index contributed by atoms with van der Waals surface area (Å²) < 4.78 is 1.54. The van der Waals surface area contributed by atoms with Crippen LogP contribution in [0.5, 0.6) is 0 Å². The van der Waals surface area contributed by atoms with Gasteiger partial charge in [-0.2, -0.15) is 10.5 Å². The minimum absolute atomic E-state index is 0.0281. The molecule has 2 heterocycles. The Morgan fingerprint density at radius 2 is 1.47 bits per heavy atom.